The fraction of sp³-hybridized carbons (Fsp3) is 0.625. The van der Waals surface area contributed by atoms with Crippen LogP contribution >= 0.6 is 0 Å². The molecule has 0 spiro atoms. The summed E-state index contributed by atoms with van der Waals surface area (Å²) in [4.78, 5) is 2.54. The van der Waals surface area contributed by atoms with Crippen LogP contribution in [-0.2, 0) is 6.54 Å². The molecule has 0 aromatic heterocycles. The molecule has 4 heteroatoms. The SMILES string of the molecule is OB(O)c1cccc(CN2CCC3CCCCC3C2)c1. The maximum absolute atomic E-state index is 9.25. The van der Waals surface area contributed by atoms with E-state index in [4.69, 9.17) is 0 Å². The van der Waals surface area contributed by atoms with Crippen molar-refractivity contribution in [3.8, 4) is 0 Å². The van der Waals surface area contributed by atoms with Crippen LogP contribution in [0.5, 0.6) is 0 Å². The zero-order valence-corrected chi connectivity index (χ0v) is 12.0. The quantitative estimate of drug-likeness (QED) is 0.818. The van der Waals surface area contributed by atoms with Crippen molar-refractivity contribution in [2.24, 2.45) is 11.8 Å². The van der Waals surface area contributed by atoms with E-state index in [1.54, 1.807) is 6.07 Å². The van der Waals surface area contributed by atoms with Crippen LogP contribution in [0.15, 0.2) is 24.3 Å². The van der Waals surface area contributed by atoms with Gasteiger partial charge in [0.05, 0.1) is 0 Å². The van der Waals surface area contributed by atoms with Crippen molar-refractivity contribution < 1.29 is 10.0 Å². The van der Waals surface area contributed by atoms with Crippen LogP contribution in [0.1, 0.15) is 37.7 Å². The molecule has 0 amide bonds. The van der Waals surface area contributed by atoms with Gasteiger partial charge in [0.1, 0.15) is 0 Å². The topological polar surface area (TPSA) is 43.7 Å². The molecule has 0 radical (unpaired) electrons. The highest BCUT2D eigenvalue weighted by molar-refractivity contribution is 6.58. The Morgan fingerprint density at radius 1 is 1.10 bits per heavy atom. The Kier molecular flexibility index (Phi) is 4.44. The van der Waals surface area contributed by atoms with Gasteiger partial charge in [0.15, 0.2) is 0 Å². The van der Waals surface area contributed by atoms with E-state index in [0.717, 1.165) is 18.4 Å². The monoisotopic (exact) mass is 273 g/mol. The molecule has 2 aliphatic rings. The maximum Gasteiger partial charge on any atom is 0.488 e. The minimum atomic E-state index is -1.36. The van der Waals surface area contributed by atoms with Crippen molar-refractivity contribution >= 4 is 12.6 Å². The third-order valence-corrected chi connectivity index (χ3v) is 5.03. The Balaban J connectivity index is 1.62. The van der Waals surface area contributed by atoms with E-state index in [-0.39, 0.29) is 0 Å². The number of nitrogens with zero attached hydrogens (tertiary/aromatic N) is 1. The van der Waals surface area contributed by atoms with Gasteiger partial charge in [-0.1, -0.05) is 43.5 Å². The highest BCUT2D eigenvalue weighted by atomic mass is 16.4. The smallest absolute Gasteiger partial charge is 0.423 e. The van der Waals surface area contributed by atoms with Gasteiger partial charge >= 0.3 is 7.12 Å². The number of hydrogen-bond donors (Lipinski definition) is 2. The van der Waals surface area contributed by atoms with Gasteiger partial charge < -0.3 is 10.0 Å². The highest BCUT2D eigenvalue weighted by Crippen LogP contribution is 2.36. The minimum Gasteiger partial charge on any atom is -0.423 e. The third kappa shape index (κ3) is 3.25. The lowest BCUT2D eigenvalue weighted by Gasteiger charge is -2.41. The third-order valence-electron chi connectivity index (χ3n) is 5.03. The first-order valence-electron chi connectivity index (χ1n) is 7.90. The van der Waals surface area contributed by atoms with E-state index in [2.05, 4.69) is 11.0 Å². The molecule has 1 saturated heterocycles. The minimum absolute atomic E-state index is 0.593. The molecule has 2 fully saturated rings. The molecule has 3 rings (SSSR count). The van der Waals surface area contributed by atoms with Crippen molar-refractivity contribution in [2.75, 3.05) is 13.1 Å². The molecule has 1 aliphatic carbocycles. The summed E-state index contributed by atoms with van der Waals surface area (Å²) in [6, 6.07) is 7.68. The zero-order valence-electron chi connectivity index (χ0n) is 12.0. The summed E-state index contributed by atoms with van der Waals surface area (Å²) in [6.07, 6.45) is 7.01. The van der Waals surface area contributed by atoms with Gasteiger partial charge in [-0.25, -0.2) is 0 Å². The molecule has 2 unspecified atom stereocenters. The number of piperidine rings is 1. The summed E-state index contributed by atoms with van der Waals surface area (Å²) in [5.41, 5.74) is 1.78. The van der Waals surface area contributed by atoms with Gasteiger partial charge in [0.25, 0.3) is 0 Å². The molecule has 3 nitrogen and oxygen atoms in total. The van der Waals surface area contributed by atoms with Crippen LogP contribution in [0.3, 0.4) is 0 Å². The Morgan fingerprint density at radius 3 is 2.70 bits per heavy atom. The molecule has 1 heterocycles. The lowest BCUT2D eigenvalue weighted by Crippen LogP contribution is -2.41. The van der Waals surface area contributed by atoms with E-state index in [1.807, 2.05) is 12.1 Å². The Labute approximate surface area is 121 Å². The molecule has 2 atom stereocenters. The number of likely N-dealkylation sites (tertiary alicyclic amines) is 1. The van der Waals surface area contributed by atoms with E-state index >= 15 is 0 Å². The Bertz CT molecular complexity index is 452. The number of benzene rings is 1. The molecular formula is C16H24BNO2. The maximum atomic E-state index is 9.25. The van der Waals surface area contributed by atoms with E-state index < -0.39 is 7.12 Å². The zero-order chi connectivity index (χ0) is 13.9. The second-order valence-electron chi connectivity index (χ2n) is 6.45. The van der Waals surface area contributed by atoms with Crippen molar-refractivity contribution in [3.63, 3.8) is 0 Å². The molecule has 1 aromatic rings. The second-order valence-corrected chi connectivity index (χ2v) is 6.45. The van der Waals surface area contributed by atoms with Crippen LogP contribution in [0, 0.1) is 11.8 Å². The van der Waals surface area contributed by atoms with Crippen molar-refractivity contribution in [2.45, 2.75) is 38.6 Å². The summed E-state index contributed by atoms with van der Waals surface area (Å²) >= 11 is 0. The summed E-state index contributed by atoms with van der Waals surface area (Å²) in [7, 11) is -1.36. The number of fused-ring (bicyclic) bond motifs is 1. The van der Waals surface area contributed by atoms with Crippen molar-refractivity contribution in [1.82, 2.24) is 4.90 Å². The summed E-state index contributed by atoms with van der Waals surface area (Å²) in [5, 5.41) is 18.5. The van der Waals surface area contributed by atoms with Crippen LogP contribution in [0.25, 0.3) is 0 Å². The van der Waals surface area contributed by atoms with Crippen LogP contribution in [-0.4, -0.2) is 35.2 Å². The lowest BCUT2D eigenvalue weighted by atomic mass is 9.75. The standard InChI is InChI=1S/C16H24BNO2/c19-17(20)16-7-3-4-13(10-16)11-18-9-8-14-5-1-2-6-15(14)12-18/h3-4,7,10,14-15,19-20H,1-2,5-6,8-9,11-12H2. The normalized spacial score (nSPS) is 27.1. The molecule has 0 bridgehead atoms. The molecule has 108 valence electrons. The fourth-order valence-electron chi connectivity index (χ4n) is 3.93. The van der Waals surface area contributed by atoms with Crippen LogP contribution in [0.2, 0.25) is 0 Å². The fourth-order valence-corrected chi connectivity index (χ4v) is 3.93. The molecule has 1 aliphatic heterocycles. The van der Waals surface area contributed by atoms with E-state index in [9.17, 15) is 10.0 Å². The van der Waals surface area contributed by atoms with Crippen molar-refractivity contribution in [3.05, 3.63) is 29.8 Å². The van der Waals surface area contributed by atoms with Crippen LogP contribution in [0.4, 0.5) is 0 Å². The first-order chi connectivity index (χ1) is 9.72. The summed E-state index contributed by atoms with van der Waals surface area (Å²) < 4.78 is 0. The molecular weight excluding hydrogens is 249 g/mol. The van der Waals surface area contributed by atoms with Crippen molar-refractivity contribution in [1.29, 1.82) is 0 Å². The summed E-state index contributed by atoms with van der Waals surface area (Å²) in [5.74, 6) is 1.86. The highest BCUT2D eigenvalue weighted by Gasteiger charge is 2.30. The number of hydrogen-bond acceptors (Lipinski definition) is 3. The van der Waals surface area contributed by atoms with Gasteiger partial charge in [-0.2, -0.15) is 0 Å². The van der Waals surface area contributed by atoms with Gasteiger partial charge in [-0.3, -0.25) is 4.90 Å². The first-order valence-corrected chi connectivity index (χ1v) is 7.90. The van der Waals surface area contributed by atoms with Crippen LogP contribution < -0.4 is 5.46 Å². The average molecular weight is 273 g/mol. The second kappa shape index (κ2) is 6.29. The predicted molar refractivity (Wildman–Crippen MR) is 81.6 cm³/mol. The molecule has 2 N–H and O–H groups in total. The van der Waals surface area contributed by atoms with Gasteiger partial charge in [0, 0.05) is 13.1 Å². The molecule has 1 saturated carbocycles. The lowest BCUT2D eigenvalue weighted by molar-refractivity contribution is 0.0821. The molecule has 1 aromatic carbocycles. The Hall–Kier alpha value is -0.835. The molecule has 20 heavy (non-hydrogen) atoms. The largest absolute Gasteiger partial charge is 0.488 e. The predicted octanol–water partition coefficient (Wildman–Crippen LogP) is 1.38. The van der Waals surface area contributed by atoms with Gasteiger partial charge in [-0.15, -0.1) is 0 Å². The van der Waals surface area contributed by atoms with E-state index in [1.165, 1.54) is 50.8 Å². The summed E-state index contributed by atoms with van der Waals surface area (Å²) in [6.45, 7) is 3.34. The Morgan fingerprint density at radius 2 is 1.90 bits per heavy atom. The van der Waals surface area contributed by atoms with E-state index in [0.29, 0.717) is 5.46 Å². The average Bonchev–Trinajstić information content (AvgIpc) is 2.47. The van der Waals surface area contributed by atoms with Gasteiger partial charge in [-0.05, 0) is 42.2 Å². The van der Waals surface area contributed by atoms with Gasteiger partial charge in [0.2, 0.25) is 0 Å². The number of rotatable bonds is 3. The first kappa shape index (κ1) is 14.1.